The van der Waals surface area contributed by atoms with E-state index in [0.717, 1.165) is 25.5 Å². The smallest absolute Gasteiger partial charge is 0.128 e. The predicted molar refractivity (Wildman–Crippen MR) is 81.6 cm³/mol. The van der Waals surface area contributed by atoms with Crippen molar-refractivity contribution in [1.82, 2.24) is 19.4 Å². The van der Waals surface area contributed by atoms with E-state index in [1.165, 1.54) is 16.5 Å². The quantitative estimate of drug-likeness (QED) is 0.771. The zero-order chi connectivity index (χ0) is 13.9. The standard InChI is InChI=1S/C16H20N4/c1-3-17-11-13-5-4-6-15-14(13)7-9-20(15)12-16-18-8-10-19(16)2/h4-10,17H,3,11-12H2,1-2H3. The largest absolute Gasteiger partial charge is 0.340 e. The van der Waals surface area contributed by atoms with E-state index in [1.54, 1.807) is 0 Å². The van der Waals surface area contributed by atoms with Crippen LogP contribution in [0.3, 0.4) is 0 Å². The minimum Gasteiger partial charge on any atom is -0.340 e. The highest BCUT2D eigenvalue weighted by molar-refractivity contribution is 5.83. The van der Waals surface area contributed by atoms with Gasteiger partial charge in [-0.2, -0.15) is 0 Å². The zero-order valence-electron chi connectivity index (χ0n) is 12.0. The van der Waals surface area contributed by atoms with Crippen LogP contribution in [0.2, 0.25) is 0 Å². The minimum atomic E-state index is 0.803. The molecule has 1 aromatic carbocycles. The molecular weight excluding hydrogens is 248 g/mol. The van der Waals surface area contributed by atoms with Crippen molar-refractivity contribution < 1.29 is 0 Å². The first-order valence-electron chi connectivity index (χ1n) is 7.03. The summed E-state index contributed by atoms with van der Waals surface area (Å²) in [5.41, 5.74) is 2.62. The normalized spacial score (nSPS) is 11.3. The maximum Gasteiger partial charge on any atom is 0.128 e. The number of benzene rings is 1. The molecule has 0 aliphatic rings. The molecule has 0 aliphatic heterocycles. The molecular formula is C16H20N4. The fourth-order valence-electron chi connectivity index (χ4n) is 2.54. The van der Waals surface area contributed by atoms with Gasteiger partial charge in [0.15, 0.2) is 0 Å². The number of hydrogen-bond acceptors (Lipinski definition) is 2. The molecule has 1 N–H and O–H groups in total. The van der Waals surface area contributed by atoms with Crippen molar-refractivity contribution >= 4 is 10.9 Å². The maximum atomic E-state index is 4.40. The van der Waals surface area contributed by atoms with Gasteiger partial charge in [0.1, 0.15) is 5.82 Å². The Balaban J connectivity index is 1.95. The van der Waals surface area contributed by atoms with Crippen LogP contribution in [0.5, 0.6) is 0 Å². The molecule has 0 saturated heterocycles. The van der Waals surface area contributed by atoms with E-state index in [4.69, 9.17) is 0 Å². The summed E-state index contributed by atoms with van der Waals surface area (Å²) in [6.07, 6.45) is 5.98. The van der Waals surface area contributed by atoms with Crippen LogP contribution in [-0.4, -0.2) is 20.7 Å². The number of aromatic nitrogens is 3. The van der Waals surface area contributed by atoms with Crippen LogP contribution >= 0.6 is 0 Å². The first-order chi connectivity index (χ1) is 9.79. The van der Waals surface area contributed by atoms with E-state index in [0.29, 0.717) is 0 Å². The SMILES string of the molecule is CCNCc1cccc2c1ccn2Cc1nccn1C. The Morgan fingerprint density at radius 2 is 2.10 bits per heavy atom. The number of nitrogens with one attached hydrogen (secondary N) is 1. The summed E-state index contributed by atoms with van der Waals surface area (Å²) in [7, 11) is 2.03. The topological polar surface area (TPSA) is 34.8 Å². The number of fused-ring (bicyclic) bond motifs is 1. The number of nitrogens with zero attached hydrogens (tertiary/aromatic N) is 3. The third-order valence-electron chi connectivity index (χ3n) is 3.70. The van der Waals surface area contributed by atoms with Gasteiger partial charge in [-0.15, -0.1) is 0 Å². The van der Waals surface area contributed by atoms with Crippen LogP contribution in [0.25, 0.3) is 10.9 Å². The van der Waals surface area contributed by atoms with Gasteiger partial charge in [0.25, 0.3) is 0 Å². The molecule has 0 unspecified atom stereocenters. The molecule has 4 heteroatoms. The number of imidazole rings is 1. The Morgan fingerprint density at radius 3 is 2.85 bits per heavy atom. The van der Waals surface area contributed by atoms with Crippen molar-refractivity contribution in [2.24, 2.45) is 7.05 Å². The van der Waals surface area contributed by atoms with Crippen LogP contribution in [-0.2, 0) is 20.1 Å². The van der Waals surface area contributed by atoms with Crippen molar-refractivity contribution in [3.63, 3.8) is 0 Å². The molecule has 0 saturated carbocycles. The molecule has 0 aliphatic carbocycles. The molecule has 2 heterocycles. The average molecular weight is 268 g/mol. The van der Waals surface area contributed by atoms with Crippen molar-refractivity contribution in [2.45, 2.75) is 20.0 Å². The average Bonchev–Trinajstić information content (AvgIpc) is 3.05. The van der Waals surface area contributed by atoms with Crippen LogP contribution in [0.4, 0.5) is 0 Å². The number of rotatable bonds is 5. The van der Waals surface area contributed by atoms with Crippen LogP contribution in [0, 0.1) is 0 Å². The second kappa shape index (κ2) is 5.51. The lowest BCUT2D eigenvalue weighted by atomic mass is 10.1. The summed E-state index contributed by atoms with van der Waals surface area (Å²) >= 11 is 0. The van der Waals surface area contributed by atoms with Gasteiger partial charge in [-0.3, -0.25) is 0 Å². The molecule has 0 fully saturated rings. The van der Waals surface area contributed by atoms with Gasteiger partial charge >= 0.3 is 0 Å². The highest BCUT2D eigenvalue weighted by atomic mass is 15.1. The second-order valence-corrected chi connectivity index (χ2v) is 5.03. The Hall–Kier alpha value is -2.07. The summed E-state index contributed by atoms with van der Waals surface area (Å²) in [6.45, 7) is 4.84. The first kappa shape index (κ1) is 12.9. The summed E-state index contributed by atoms with van der Waals surface area (Å²) in [5, 5.41) is 4.72. The third kappa shape index (κ3) is 2.34. The molecule has 0 radical (unpaired) electrons. The fraction of sp³-hybridized carbons (Fsp3) is 0.312. The fourth-order valence-corrected chi connectivity index (χ4v) is 2.54. The molecule has 3 aromatic rings. The Labute approximate surface area is 119 Å². The van der Waals surface area contributed by atoms with E-state index in [2.05, 4.69) is 56.8 Å². The van der Waals surface area contributed by atoms with Gasteiger partial charge in [0, 0.05) is 43.1 Å². The van der Waals surface area contributed by atoms with E-state index < -0.39 is 0 Å². The molecule has 0 bridgehead atoms. The van der Waals surface area contributed by atoms with E-state index in [-0.39, 0.29) is 0 Å². The monoisotopic (exact) mass is 268 g/mol. The molecule has 0 amide bonds. The van der Waals surface area contributed by atoms with Crippen LogP contribution in [0.1, 0.15) is 18.3 Å². The summed E-state index contributed by atoms with van der Waals surface area (Å²) in [6, 6.07) is 8.69. The Morgan fingerprint density at radius 1 is 1.20 bits per heavy atom. The summed E-state index contributed by atoms with van der Waals surface area (Å²) in [5.74, 6) is 1.07. The molecule has 3 rings (SSSR count). The van der Waals surface area contributed by atoms with Gasteiger partial charge in [-0.25, -0.2) is 4.98 Å². The molecule has 20 heavy (non-hydrogen) atoms. The first-order valence-corrected chi connectivity index (χ1v) is 7.03. The second-order valence-electron chi connectivity index (χ2n) is 5.03. The van der Waals surface area contributed by atoms with Crippen molar-refractivity contribution in [2.75, 3.05) is 6.54 Å². The maximum absolute atomic E-state index is 4.40. The molecule has 2 aromatic heterocycles. The Kier molecular flexibility index (Phi) is 3.56. The van der Waals surface area contributed by atoms with E-state index >= 15 is 0 Å². The lowest BCUT2D eigenvalue weighted by Gasteiger charge is -2.08. The predicted octanol–water partition coefficient (Wildman–Crippen LogP) is 2.53. The minimum absolute atomic E-state index is 0.803. The van der Waals surface area contributed by atoms with Gasteiger partial charge in [0.2, 0.25) is 0 Å². The van der Waals surface area contributed by atoms with Gasteiger partial charge < -0.3 is 14.5 Å². The highest BCUT2D eigenvalue weighted by Crippen LogP contribution is 2.21. The van der Waals surface area contributed by atoms with Gasteiger partial charge in [-0.1, -0.05) is 19.1 Å². The van der Waals surface area contributed by atoms with Crippen LogP contribution < -0.4 is 5.32 Å². The molecule has 0 spiro atoms. The van der Waals surface area contributed by atoms with Crippen molar-refractivity contribution in [3.05, 3.63) is 54.2 Å². The highest BCUT2D eigenvalue weighted by Gasteiger charge is 2.07. The molecule has 4 nitrogen and oxygen atoms in total. The van der Waals surface area contributed by atoms with Crippen LogP contribution in [0.15, 0.2) is 42.9 Å². The molecule has 104 valence electrons. The lowest BCUT2D eigenvalue weighted by molar-refractivity contribution is 0.717. The number of hydrogen-bond donors (Lipinski definition) is 1. The lowest BCUT2D eigenvalue weighted by Crippen LogP contribution is -2.11. The van der Waals surface area contributed by atoms with Crippen molar-refractivity contribution in [1.29, 1.82) is 0 Å². The molecule has 0 atom stereocenters. The van der Waals surface area contributed by atoms with Crippen molar-refractivity contribution in [3.8, 4) is 0 Å². The third-order valence-corrected chi connectivity index (χ3v) is 3.70. The zero-order valence-corrected chi connectivity index (χ0v) is 12.0. The van der Waals surface area contributed by atoms with E-state index in [1.807, 2.05) is 19.4 Å². The summed E-state index contributed by atoms with van der Waals surface area (Å²) < 4.78 is 4.32. The van der Waals surface area contributed by atoms with E-state index in [9.17, 15) is 0 Å². The Bertz CT molecular complexity index is 708. The van der Waals surface area contributed by atoms with Gasteiger partial charge in [0.05, 0.1) is 6.54 Å². The number of aryl methyl sites for hydroxylation is 1. The van der Waals surface area contributed by atoms with Gasteiger partial charge in [-0.05, 0) is 24.2 Å². The summed E-state index contributed by atoms with van der Waals surface area (Å²) in [4.78, 5) is 4.40.